The fraction of sp³-hybridized carbons (Fsp3) is 0.571. The first-order valence-corrected chi connectivity index (χ1v) is 6.23. The lowest BCUT2D eigenvalue weighted by molar-refractivity contribution is -0.123. The second kappa shape index (κ2) is 6.38. The Bertz CT molecular complexity index is 324. The third-order valence-electron chi connectivity index (χ3n) is 2.98. The van der Waals surface area contributed by atoms with Gasteiger partial charge in [0.25, 0.3) is 5.91 Å². The Balaban J connectivity index is 2.11. The first-order chi connectivity index (χ1) is 8.02. The summed E-state index contributed by atoms with van der Waals surface area (Å²) in [6, 6.07) is 0. The van der Waals surface area contributed by atoms with E-state index in [1.165, 1.54) is 0 Å². The number of unbranched alkanes of at least 4 members (excludes halogenated alkanes) is 2. The minimum Gasteiger partial charge on any atom is -0.309 e. The predicted octanol–water partition coefficient (Wildman–Crippen LogP) is 2.68. The SMILES string of the molecule is C=C1C=CC(=O)N1CCCCCC(=O)C(C)C. The number of allylic oxidation sites excluding steroid dienone is 1. The Kier molecular flexibility index (Phi) is 5.13. The van der Waals surface area contributed by atoms with Crippen LogP contribution in [0.5, 0.6) is 0 Å². The summed E-state index contributed by atoms with van der Waals surface area (Å²) in [6.07, 6.45) is 6.77. The number of carbonyl (C=O) groups is 2. The molecule has 0 aliphatic carbocycles. The second-order valence-corrected chi connectivity index (χ2v) is 4.75. The monoisotopic (exact) mass is 235 g/mol. The molecule has 17 heavy (non-hydrogen) atoms. The van der Waals surface area contributed by atoms with Crippen LogP contribution in [0.3, 0.4) is 0 Å². The molecule has 0 unspecified atom stereocenters. The molecular formula is C14H21NO2. The molecule has 0 aromatic carbocycles. The average Bonchev–Trinajstić information content (AvgIpc) is 2.59. The van der Waals surface area contributed by atoms with Gasteiger partial charge < -0.3 is 4.90 Å². The summed E-state index contributed by atoms with van der Waals surface area (Å²) in [5, 5.41) is 0. The molecule has 0 radical (unpaired) electrons. The quantitative estimate of drug-likeness (QED) is 0.636. The number of Topliss-reactive ketones (excluding diaryl/α,β-unsaturated/α-hetero) is 1. The maximum Gasteiger partial charge on any atom is 0.251 e. The lowest BCUT2D eigenvalue weighted by Gasteiger charge is -2.16. The van der Waals surface area contributed by atoms with Crippen LogP contribution in [0.15, 0.2) is 24.4 Å². The summed E-state index contributed by atoms with van der Waals surface area (Å²) in [5.41, 5.74) is 0.772. The van der Waals surface area contributed by atoms with Gasteiger partial charge in [-0.15, -0.1) is 0 Å². The summed E-state index contributed by atoms with van der Waals surface area (Å²) in [4.78, 5) is 24.4. The van der Waals surface area contributed by atoms with Crippen molar-refractivity contribution in [3.8, 4) is 0 Å². The van der Waals surface area contributed by atoms with E-state index >= 15 is 0 Å². The van der Waals surface area contributed by atoms with Crippen LogP contribution in [0.2, 0.25) is 0 Å². The maximum atomic E-state index is 11.4. The highest BCUT2D eigenvalue weighted by atomic mass is 16.2. The highest BCUT2D eigenvalue weighted by molar-refractivity contribution is 5.92. The standard InChI is InChI=1S/C14H21NO2/c1-11(2)13(16)7-5-4-6-10-15-12(3)8-9-14(15)17/h8-9,11H,3-7,10H2,1-2H3. The van der Waals surface area contributed by atoms with E-state index in [0.717, 1.165) is 25.0 Å². The van der Waals surface area contributed by atoms with E-state index < -0.39 is 0 Å². The first kappa shape index (κ1) is 13.7. The predicted molar refractivity (Wildman–Crippen MR) is 68.3 cm³/mol. The van der Waals surface area contributed by atoms with Crippen molar-refractivity contribution in [2.75, 3.05) is 6.54 Å². The van der Waals surface area contributed by atoms with Gasteiger partial charge in [0.05, 0.1) is 0 Å². The molecule has 0 atom stereocenters. The largest absolute Gasteiger partial charge is 0.309 e. The Morgan fingerprint density at radius 3 is 2.53 bits per heavy atom. The van der Waals surface area contributed by atoms with Gasteiger partial charge in [-0.05, 0) is 18.9 Å². The van der Waals surface area contributed by atoms with Gasteiger partial charge in [-0.2, -0.15) is 0 Å². The van der Waals surface area contributed by atoms with Crippen LogP contribution in [0.25, 0.3) is 0 Å². The molecular weight excluding hydrogens is 214 g/mol. The highest BCUT2D eigenvalue weighted by Crippen LogP contribution is 2.14. The highest BCUT2D eigenvalue weighted by Gasteiger charge is 2.17. The molecule has 1 aliphatic heterocycles. The number of ketones is 1. The van der Waals surface area contributed by atoms with Crippen molar-refractivity contribution in [3.63, 3.8) is 0 Å². The molecule has 3 nitrogen and oxygen atoms in total. The molecule has 94 valence electrons. The summed E-state index contributed by atoms with van der Waals surface area (Å²) < 4.78 is 0. The smallest absolute Gasteiger partial charge is 0.251 e. The van der Waals surface area contributed by atoms with Crippen molar-refractivity contribution in [1.82, 2.24) is 4.90 Å². The molecule has 0 N–H and O–H groups in total. The number of nitrogens with zero attached hydrogens (tertiary/aromatic N) is 1. The summed E-state index contributed by atoms with van der Waals surface area (Å²) in [6.45, 7) is 8.37. The topological polar surface area (TPSA) is 37.4 Å². The molecule has 1 amide bonds. The Labute approximate surface area is 103 Å². The van der Waals surface area contributed by atoms with Gasteiger partial charge in [0, 0.05) is 30.7 Å². The molecule has 0 bridgehead atoms. The van der Waals surface area contributed by atoms with Crippen LogP contribution in [0.4, 0.5) is 0 Å². The second-order valence-electron chi connectivity index (χ2n) is 4.75. The molecule has 1 heterocycles. The maximum absolute atomic E-state index is 11.4. The van der Waals surface area contributed by atoms with Crippen molar-refractivity contribution in [3.05, 3.63) is 24.4 Å². The minimum absolute atomic E-state index is 0.0215. The Hall–Kier alpha value is -1.38. The fourth-order valence-corrected chi connectivity index (χ4v) is 1.78. The van der Waals surface area contributed by atoms with E-state index in [2.05, 4.69) is 6.58 Å². The van der Waals surface area contributed by atoms with Crippen molar-refractivity contribution in [2.45, 2.75) is 39.5 Å². The van der Waals surface area contributed by atoms with Gasteiger partial charge in [0.1, 0.15) is 5.78 Å². The lowest BCUT2D eigenvalue weighted by Crippen LogP contribution is -2.24. The Morgan fingerprint density at radius 2 is 2.00 bits per heavy atom. The molecule has 0 spiro atoms. The number of hydrogen-bond acceptors (Lipinski definition) is 2. The summed E-state index contributed by atoms with van der Waals surface area (Å²) in [5.74, 6) is 0.487. The summed E-state index contributed by atoms with van der Waals surface area (Å²) >= 11 is 0. The number of carbonyl (C=O) groups excluding carboxylic acids is 2. The number of rotatable bonds is 7. The molecule has 0 saturated heterocycles. The molecule has 0 fully saturated rings. The average molecular weight is 235 g/mol. The molecule has 0 saturated carbocycles. The fourth-order valence-electron chi connectivity index (χ4n) is 1.78. The van der Waals surface area contributed by atoms with Crippen molar-refractivity contribution >= 4 is 11.7 Å². The van der Waals surface area contributed by atoms with Gasteiger partial charge in [-0.25, -0.2) is 0 Å². The van der Waals surface area contributed by atoms with Crippen molar-refractivity contribution in [1.29, 1.82) is 0 Å². The van der Waals surface area contributed by atoms with E-state index in [-0.39, 0.29) is 11.8 Å². The van der Waals surface area contributed by atoms with E-state index in [4.69, 9.17) is 0 Å². The molecule has 0 aromatic heterocycles. The first-order valence-electron chi connectivity index (χ1n) is 6.23. The van der Waals surface area contributed by atoms with Crippen LogP contribution in [-0.4, -0.2) is 23.1 Å². The zero-order chi connectivity index (χ0) is 12.8. The third kappa shape index (κ3) is 4.17. The van der Waals surface area contributed by atoms with E-state index in [1.54, 1.807) is 17.1 Å². The number of hydrogen-bond donors (Lipinski definition) is 0. The normalized spacial score (nSPS) is 15.1. The Morgan fingerprint density at radius 1 is 1.29 bits per heavy atom. The molecule has 3 heteroatoms. The van der Waals surface area contributed by atoms with Crippen LogP contribution >= 0.6 is 0 Å². The van der Waals surface area contributed by atoms with Crippen molar-refractivity contribution in [2.24, 2.45) is 5.92 Å². The van der Waals surface area contributed by atoms with E-state index in [9.17, 15) is 9.59 Å². The zero-order valence-electron chi connectivity index (χ0n) is 10.7. The number of amides is 1. The molecule has 0 aromatic rings. The van der Waals surface area contributed by atoms with Gasteiger partial charge >= 0.3 is 0 Å². The minimum atomic E-state index is 0.0215. The lowest BCUT2D eigenvalue weighted by atomic mass is 10.0. The molecule has 1 aliphatic rings. The summed E-state index contributed by atoms with van der Waals surface area (Å²) in [7, 11) is 0. The van der Waals surface area contributed by atoms with Crippen LogP contribution in [0.1, 0.15) is 39.5 Å². The zero-order valence-corrected chi connectivity index (χ0v) is 10.7. The van der Waals surface area contributed by atoms with Gasteiger partial charge in [0.15, 0.2) is 0 Å². The van der Waals surface area contributed by atoms with Crippen LogP contribution in [-0.2, 0) is 9.59 Å². The van der Waals surface area contributed by atoms with Crippen molar-refractivity contribution < 1.29 is 9.59 Å². The van der Waals surface area contributed by atoms with Crippen LogP contribution < -0.4 is 0 Å². The van der Waals surface area contributed by atoms with Crippen LogP contribution in [0, 0.1) is 5.92 Å². The van der Waals surface area contributed by atoms with Gasteiger partial charge in [-0.3, -0.25) is 9.59 Å². The molecule has 1 rings (SSSR count). The third-order valence-corrected chi connectivity index (χ3v) is 2.98. The van der Waals surface area contributed by atoms with E-state index in [1.807, 2.05) is 13.8 Å². The van der Waals surface area contributed by atoms with Gasteiger partial charge in [0.2, 0.25) is 0 Å². The van der Waals surface area contributed by atoms with Gasteiger partial charge in [-0.1, -0.05) is 26.8 Å². The van der Waals surface area contributed by atoms with E-state index in [0.29, 0.717) is 18.7 Å².